The number of ketones is 1. The standard InChI is InChI=1S/C16H20O6/c1-16(19)6-10-11(7-22-16)15(18)13-9(14(10)17)4-8(20-2)5-12(13)21-3/h4-5,10-11,14,17,19H,6-7H2,1-3H3/t10?,11?,14-,16+/m0/s1. The Morgan fingerprint density at radius 2 is 2.05 bits per heavy atom. The quantitative estimate of drug-likeness (QED) is 0.856. The normalized spacial score (nSPS) is 33.9. The highest BCUT2D eigenvalue weighted by atomic mass is 16.6. The molecular formula is C16H20O6. The van der Waals surface area contributed by atoms with Crippen molar-refractivity contribution >= 4 is 5.78 Å². The molecule has 0 aromatic heterocycles. The molecule has 0 amide bonds. The van der Waals surface area contributed by atoms with Gasteiger partial charge in [-0.3, -0.25) is 4.79 Å². The Morgan fingerprint density at radius 1 is 1.32 bits per heavy atom. The summed E-state index contributed by atoms with van der Waals surface area (Å²) in [5, 5.41) is 20.8. The van der Waals surface area contributed by atoms with Crippen LogP contribution in [0.25, 0.3) is 0 Å². The van der Waals surface area contributed by atoms with E-state index in [0.29, 0.717) is 22.6 Å². The maximum Gasteiger partial charge on any atom is 0.172 e. The maximum atomic E-state index is 12.8. The zero-order valence-electron chi connectivity index (χ0n) is 12.8. The molecule has 6 nitrogen and oxygen atoms in total. The molecule has 0 radical (unpaired) electrons. The lowest BCUT2D eigenvalue weighted by Gasteiger charge is -2.44. The molecule has 120 valence electrons. The summed E-state index contributed by atoms with van der Waals surface area (Å²) in [6.07, 6.45) is -0.680. The number of Topliss-reactive ketones (excluding diaryl/α,β-unsaturated/α-hetero) is 1. The number of fused-ring (bicyclic) bond motifs is 2. The smallest absolute Gasteiger partial charge is 0.172 e. The number of carbonyl (C=O) groups is 1. The van der Waals surface area contributed by atoms with Crippen LogP contribution in [0.5, 0.6) is 11.5 Å². The van der Waals surface area contributed by atoms with E-state index >= 15 is 0 Å². The summed E-state index contributed by atoms with van der Waals surface area (Å²) in [6, 6.07) is 3.28. The minimum atomic E-state index is -1.33. The van der Waals surface area contributed by atoms with Gasteiger partial charge < -0.3 is 24.4 Å². The molecule has 0 bridgehead atoms. The van der Waals surface area contributed by atoms with E-state index in [0.717, 1.165) is 0 Å². The van der Waals surface area contributed by atoms with Gasteiger partial charge in [-0.15, -0.1) is 0 Å². The van der Waals surface area contributed by atoms with Crippen LogP contribution in [0.1, 0.15) is 35.4 Å². The zero-order chi connectivity index (χ0) is 16.1. The van der Waals surface area contributed by atoms with Crippen LogP contribution < -0.4 is 9.47 Å². The average molecular weight is 308 g/mol. The second-order valence-electron chi connectivity index (χ2n) is 6.06. The second-order valence-corrected chi connectivity index (χ2v) is 6.06. The number of hydrogen-bond acceptors (Lipinski definition) is 6. The van der Waals surface area contributed by atoms with Crippen molar-refractivity contribution in [3.05, 3.63) is 23.3 Å². The van der Waals surface area contributed by atoms with Gasteiger partial charge in [0.2, 0.25) is 0 Å². The lowest BCUT2D eigenvalue weighted by atomic mass is 9.69. The van der Waals surface area contributed by atoms with Crippen molar-refractivity contribution in [2.45, 2.75) is 25.2 Å². The molecule has 3 rings (SSSR count). The predicted molar refractivity (Wildman–Crippen MR) is 77.0 cm³/mol. The Balaban J connectivity index is 2.12. The van der Waals surface area contributed by atoms with Crippen LogP contribution in [0.3, 0.4) is 0 Å². The molecule has 2 aliphatic rings. The first-order chi connectivity index (χ1) is 10.4. The van der Waals surface area contributed by atoms with Gasteiger partial charge in [-0.25, -0.2) is 0 Å². The molecule has 1 aliphatic carbocycles. The monoisotopic (exact) mass is 308 g/mol. The van der Waals surface area contributed by atoms with Gasteiger partial charge in [-0.05, 0) is 18.6 Å². The molecule has 4 atom stereocenters. The predicted octanol–water partition coefficient (Wildman–Crippen LogP) is 1.29. The minimum Gasteiger partial charge on any atom is -0.497 e. The van der Waals surface area contributed by atoms with E-state index in [4.69, 9.17) is 14.2 Å². The van der Waals surface area contributed by atoms with Crippen LogP contribution >= 0.6 is 0 Å². The van der Waals surface area contributed by atoms with Crippen molar-refractivity contribution in [2.24, 2.45) is 11.8 Å². The number of ether oxygens (including phenoxy) is 3. The first-order valence-corrected chi connectivity index (χ1v) is 7.22. The molecule has 6 heteroatoms. The fourth-order valence-corrected chi connectivity index (χ4v) is 3.44. The summed E-state index contributed by atoms with van der Waals surface area (Å²) in [4.78, 5) is 12.8. The van der Waals surface area contributed by atoms with Crippen LogP contribution in [0.15, 0.2) is 12.1 Å². The second kappa shape index (κ2) is 5.22. The van der Waals surface area contributed by atoms with Gasteiger partial charge in [0.05, 0.1) is 38.4 Å². The SMILES string of the molecule is COc1cc(OC)c2c(c1)[C@H](O)C1C[C@](C)(O)OCC1C2=O. The molecule has 2 N–H and O–H groups in total. The Labute approximate surface area is 128 Å². The van der Waals surface area contributed by atoms with E-state index in [9.17, 15) is 15.0 Å². The van der Waals surface area contributed by atoms with Gasteiger partial charge in [0, 0.05) is 18.4 Å². The van der Waals surface area contributed by atoms with Gasteiger partial charge in [-0.2, -0.15) is 0 Å². The van der Waals surface area contributed by atoms with Crippen molar-refractivity contribution in [3.8, 4) is 11.5 Å². The van der Waals surface area contributed by atoms with E-state index in [2.05, 4.69) is 0 Å². The van der Waals surface area contributed by atoms with E-state index in [1.54, 1.807) is 19.1 Å². The molecule has 1 aromatic carbocycles. The minimum absolute atomic E-state index is 0.0855. The number of hydrogen-bond donors (Lipinski definition) is 2. The van der Waals surface area contributed by atoms with Crippen molar-refractivity contribution in [2.75, 3.05) is 20.8 Å². The molecule has 0 saturated carbocycles. The van der Waals surface area contributed by atoms with Gasteiger partial charge in [0.25, 0.3) is 0 Å². The molecule has 2 unspecified atom stereocenters. The maximum absolute atomic E-state index is 12.8. The Hall–Kier alpha value is -1.63. The summed E-state index contributed by atoms with van der Waals surface area (Å²) in [7, 11) is 2.99. The number of aliphatic hydroxyl groups excluding tert-OH is 1. The number of methoxy groups -OCH3 is 2. The molecule has 1 aliphatic heterocycles. The third kappa shape index (κ3) is 2.27. The van der Waals surface area contributed by atoms with E-state index < -0.39 is 17.8 Å². The third-order valence-corrected chi connectivity index (χ3v) is 4.57. The summed E-state index contributed by atoms with van der Waals surface area (Å²) < 4.78 is 15.8. The molecule has 0 spiro atoms. The van der Waals surface area contributed by atoms with Crippen LogP contribution in [0.2, 0.25) is 0 Å². The molecule has 1 aromatic rings. The van der Waals surface area contributed by atoms with Crippen molar-refractivity contribution < 1.29 is 29.2 Å². The van der Waals surface area contributed by atoms with Crippen molar-refractivity contribution in [1.29, 1.82) is 0 Å². The Morgan fingerprint density at radius 3 is 2.68 bits per heavy atom. The van der Waals surface area contributed by atoms with Crippen molar-refractivity contribution in [3.63, 3.8) is 0 Å². The number of carbonyl (C=O) groups excluding carboxylic acids is 1. The lowest BCUT2D eigenvalue weighted by molar-refractivity contribution is -0.242. The van der Waals surface area contributed by atoms with Crippen molar-refractivity contribution in [1.82, 2.24) is 0 Å². The zero-order valence-corrected chi connectivity index (χ0v) is 12.8. The highest BCUT2D eigenvalue weighted by Gasteiger charge is 2.49. The summed E-state index contributed by atoms with van der Waals surface area (Å²) in [5.74, 6) is -1.43. The van der Waals surface area contributed by atoms with Crippen LogP contribution in [-0.2, 0) is 4.74 Å². The highest BCUT2D eigenvalue weighted by molar-refractivity contribution is 6.03. The Bertz CT molecular complexity index is 609. The first-order valence-electron chi connectivity index (χ1n) is 7.22. The number of aliphatic hydroxyl groups is 2. The molecular weight excluding hydrogens is 288 g/mol. The summed E-state index contributed by atoms with van der Waals surface area (Å²) in [6.45, 7) is 1.63. The topological polar surface area (TPSA) is 85.2 Å². The highest BCUT2D eigenvalue weighted by Crippen LogP contribution is 2.48. The van der Waals surface area contributed by atoms with E-state index in [-0.39, 0.29) is 24.7 Å². The van der Waals surface area contributed by atoms with Crippen LogP contribution in [0.4, 0.5) is 0 Å². The summed E-state index contributed by atoms with van der Waals surface area (Å²) in [5.41, 5.74) is 0.863. The van der Waals surface area contributed by atoms with Gasteiger partial charge in [0.15, 0.2) is 11.6 Å². The summed E-state index contributed by atoms with van der Waals surface area (Å²) >= 11 is 0. The first kappa shape index (κ1) is 15.3. The average Bonchev–Trinajstić information content (AvgIpc) is 2.50. The molecule has 1 fully saturated rings. The number of rotatable bonds is 2. The van der Waals surface area contributed by atoms with Gasteiger partial charge in [0.1, 0.15) is 11.5 Å². The Kier molecular flexibility index (Phi) is 3.63. The molecule has 1 heterocycles. The molecule has 1 saturated heterocycles. The number of benzene rings is 1. The molecule has 22 heavy (non-hydrogen) atoms. The van der Waals surface area contributed by atoms with Gasteiger partial charge >= 0.3 is 0 Å². The lowest BCUT2D eigenvalue weighted by Crippen LogP contribution is -2.49. The van der Waals surface area contributed by atoms with Crippen LogP contribution in [0, 0.1) is 11.8 Å². The third-order valence-electron chi connectivity index (χ3n) is 4.57. The van der Waals surface area contributed by atoms with E-state index in [1.165, 1.54) is 14.2 Å². The fourth-order valence-electron chi connectivity index (χ4n) is 3.44. The largest absolute Gasteiger partial charge is 0.497 e. The van der Waals surface area contributed by atoms with Crippen LogP contribution in [-0.4, -0.2) is 42.6 Å². The fraction of sp³-hybridized carbons (Fsp3) is 0.562. The van der Waals surface area contributed by atoms with Gasteiger partial charge in [-0.1, -0.05) is 0 Å². The van der Waals surface area contributed by atoms with E-state index in [1.807, 2.05) is 0 Å².